The number of pyridine rings is 1. The summed E-state index contributed by atoms with van der Waals surface area (Å²) in [5.74, 6) is 1.44. The zero-order valence-electron chi connectivity index (χ0n) is 18.9. The lowest BCUT2D eigenvalue weighted by Gasteiger charge is -2.25. The van der Waals surface area contributed by atoms with E-state index in [0.29, 0.717) is 27.6 Å². The zero-order valence-corrected chi connectivity index (χ0v) is 19.7. The smallest absolute Gasteiger partial charge is 0.253 e. The van der Waals surface area contributed by atoms with Crippen molar-refractivity contribution in [2.24, 2.45) is 0 Å². The molecule has 1 N–H and O–H groups in total. The van der Waals surface area contributed by atoms with Crippen LogP contribution in [0.25, 0.3) is 11.2 Å². The van der Waals surface area contributed by atoms with Crippen molar-refractivity contribution in [3.8, 4) is 5.75 Å². The van der Waals surface area contributed by atoms with Crippen LogP contribution in [0.3, 0.4) is 0 Å². The molecule has 2 saturated heterocycles. The summed E-state index contributed by atoms with van der Waals surface area (Å²) in [5.41, 5.74) is 3.46. The molecule has 8 nitrogen and oxygen atoms in total. The number of nitrogens with zero attached hydrogens (tertiary/aromatic N) is 4. The summed E-state index contributed by atoms with van der Waals surface area (Å²) in [4.78, 5) is 24.0. The normalized spacial score (nSPS) is 18.6. The minimum Gasteiger partial charge on any atom is -0.495 e. The van der Waals surface area contributed by atoms with Crippen molar-refractivity contribution in [1.29, 1.82) is 0 Å². The highest BCUT2D eigenvalue weighted by molar-refractivity contribution is 6.30. The van der Waals surface area contributed by atoms with Crippen LogP contribution in [-0.2, 0) is 4.74 Å². The fourth-order valence-electron chi connectivity index (χ4n) is 4.68. The number of aryl methyl sites for hydroxylation is 1. The lowest BCUT2D eigenvalue weighted by Crippen LogP contribution is -2.27. The van der Waals surface area contributed by atoms with Crippen molar-refractivity contribution in [3.63, 3.8) is 0 Å². The monoisotopic (exact) mass is 469 g/mol. The quantitative estimate of drug-likeness (QED) is 0.525. The average Bonchev–Trinajstić information content (AvgIpc) is 3.47. The van der Waals surface area contributed by atoms with Crippen molar-refractivity contribution < 1.29 is 14.3 Å². The number of likely N-dealkylation sites (tertiary alicyclic amines) is 1. The van der Waals surface area contributed by atoms with E-state index in [1.807, 2.05) is 28.5 Å². The summed E-state index contributed by atoms with van der Waals surface area (Å²) in [6, 6.07) is 7.22. The Kier molecular flexibility index (Phi) is 6.12. The van der Waals surface area contributed by atoms with Crippen LogP contribution in [0.4, 0.5) is 11.4 Å². The third-order valence-electron chi connectivity index (χ3n) is 6.35. The third-order valence-corrected chi connectivity index (χ3v) is 6.54. The number of halogens is 1. The molecule has 4 heterocycles. The molecule has 2 aromatic heterocycles. The van der Waals surface area contributed by atoms with E-state index in [4.69, 9.17) is 26.1 Å². The van der Waals surface area contributed by atoms with Gasteiger partial charge < -0.3 is 19.7 Å². The van der Waals surface area contributed by atoms with E-state index in [0.717, 1.165) is 69.0 Å². The first-order valence-corrected chi connectivity index (χ1v) is 11.8. The summed E-state index contributed by atoms with van der Waals surface area (Å²) >= 11 is 6.41. The van der Waals surface area contributed by atoms with Crippen LogP contribution in [0.1, 0.15) is 54.5 Å². The second-order valence-corrected chi connectivity index (χ2v) is 8.94. The Bertz CT molecular complexity index is 1180. The number of amides is 1. The van der Waals surface area contributed by atoms with Crippen LogP contribution in [0.5, 0.6) is 5.75 Å². The van der Waals surface area contributed by atoms with Gasteiger partial charge in [-0.1, -0.05) is 11.6 Å². The Morgan fingerprint density at radius 2 is 1.97 bits per heavy atom. The van der Waals surface area contributed by atoms with E-state index >= 15 is 0 Å². The second-order valence-electron chi connectivity index (χ2n) is 8.55. The van der Waals surface area contributed by atoms with Gasteiger partial charge in [-0.25, -0.2) is 9.97 Å². The molecule has 1 atom stereocenters. The van der Waals surface area contributed by atoms with Crippen LogP contribution < -0.4 is 10.1 Å². The van der Waals surface area contributed by atoms with Crippen LogP contribution in [0.2, 0.25) is 5.15 Å². The molecule has 0 spiro atoms. The van der Waals surface area contributed by atoms with Gasteiger partial charge in [-0.15, -0.1) is 0 Å². The van der Waals surface area contributed by atoms with Gasteiger partial charge in [-0.3, -0.25) is 9.36 Å². The number of anilines is 2. The first-order chi connectivity index (χ1) is 16.0. The first-order valence-electron chi connectivity index (χ1n) is 11.5. The summed E-state index contributed by atoms with van der Waals surface area (Å²) in [6.07, 6.45) is 5.12. The lowest BCUT2D eigenvalue weighted by molar-refractivity contribution is -0.0309. The molecule has 174 valence electrons. The standard InChI is InChI=1S/C24H28ClN5O3/c1-15-26-22-18(14-20(25)28-23(22)30(15)21-7-3-6-12-33-21)27-17-9-8-16(13-19(17)32-2)24(31)29-10-4-5-11-29/h8-9,13-14,21H,3-7,10-12H2,1-2H3,(H,27,28). The average molecular weight is 470 g/mol. The molecule has 2 aliphatic rings. The molecule has 5 rings (SSSR count). The summed E-state index contributed by atoms with van der Waals surface area (Å²) in [7, 11) is 1.60. The Morgan fingerprint density at radius 3 is 2.70 bits per heavy atom. The molecular weight excluding hydrogens is 442 g/mol. The SMILES string of the molecule is COc1cc(C(=O)N2CCCC2)ccc1Nc1cc(Cl)nc2c1nc(C)n2C1CCCCO1. The predicted molar refractivity (Wildman–Crippen MR) is 128 cm³/mol. The minimum atomic E-state index is -0.0898. The number of imidazole rings is 1. The highest BCUT2D eigenvalue weighted by Gasteiger charge is 2.24. The number of rotatable bonds is 5. The van der Waals surface area contributed by atoms with E-state index in [1.165, 1.54) is 0 Å². The fourth-order valence-corrected chi connectivity index (χ4v) is 4.87. The Morgan fingerprint density at radius 1 is 1.15 bits per heavy atom. The molecule has 0 bridgehead atoms. The molecule has 3 aromatic rings. The van der Waals surface area contributed by atoms with Gasteiger partial charge in [0.1, 0.15) is 28.5 Å². The second kappa shape index (κ2) is 9.19. The molecule has 33 heavy (non-hydrogen) atoms. The molecule has 9 heteroatoms. The topological polar surface area (TPSA) is 81.5 Å². The highest BCUT2D eigenvalue weighted by atomic mass is 35.5. The zero-order chi connectivity index (χ0) is 22.9. The van der Waals surface area contributed by atoms with Crippen LogP contribution in [0, 0.1) is 6.92 Å². The summed E-state index contributed by atoms with van der Waals surface area (Å²) < 4.78 is 13.6. The number of benzene rings is 1. The van der Waals surface area contributed by atoms with E-state index in [-0.39, 0.29) is 12.1 Å². The number of hydrogen-bond donors (Lipinski definition) is 1. The minimum absolute atomic E-state index is 0.0357. The highest BCUT2D eigenvalue weighted by Crippen LogP contribution is 2.35. The number of nitrogens with one attached hydrogen (secondary N) is 1. The first kappa shape index (κ1) is 22.0. The van der Waals surface area contributed by atoms with Gasteiger partial charge in [-0.05, 0) is 57.2 Å². The number of ether oxygens (including phenoxy) is 2. The molecule has 0 saturated carbocycles. The number of fused-ring (bicyclic) bond motifs is 1. The van der Waals surface area contributed by atoms with E-state index in [9.17, 15) is 4.79 Å². The van der Waals surface area contributed by atoms with Crippen molar-refractivity contribution in [1.82, 2.24) is 19.4 Å². The van der Waals surface area contributed by atoms with Gasteiger partial charge in [0.2, 0.25) is 0 Å². The molecule has 1 unspecified atom stereocenters. The van der Waals surface area contributed by atoms with Gasteiger partial charge in [0.15, 0.2) is 5.65 Å². The molecule has 2 fully saturated rings. The van der Waals surface area contributed by atoms with Gasteiger partial charge in [0.05, 0.1) is 18.5 Å². The molecule has 1 aromatic carbocycles. The van der Waals surface area contributed by atoms with Gasteiger partial charge in [0, 0.05) is 31.3 Å². The van der Waals surface area contributed by atoms with E-state index in [2.05, 4.69) is 10.3 Å². The lowest BCUT2D eigenvalue weighted by atomic mass is 10.1. The van der Waals surface area contributed by atoms with Crippen molar-refractivity contribution >= 4 is 40.0 Å². The number of carbonyl (C=O) groups is 1. The van der Waals surface area contributed by atoms with Crippen LogP contribution >= 0.6 is 11.6 Å². The van der Waals surface area contributed by atoms with Crippen molar-refractivity contribution in [2.75, 3.05) is 32.1 Å². The van der Waals surface area contributed by atoms with Gasteiger partial charge in [0.25, 0.3) is 5.91 Å². The molecule has 0 aliphatic carbocycles. The largest absolute Gasteiger partial charge is 0.495 e. The number of carbonyl (C=O) groups excluding carboxylic acids is 1. The number of hydrogen-bond acceptors (Lipinski definition) is 6. The molecule has 1 amide bonds. The Balaban J connectivity index is 1.49. The Labute approximate surface area is 197 Å². The van der Waals surface area contributed by atoms with E-state index in [1.54, 1.807) is 19.2 Å². The third kappa shape index (κ3) is 4.25. The molecule has 2 aliphatic heterocycles. The molecule has 0 radical (unpaired) electrons. The van der Waals surface area contributed by atoms with Gasteiger partial charge >= 0.3 is 0 Å². The fraction of sp³-hybridized carbons (Fsp3) is 0.458. The van der Waals surface area contributed by atoms with Crippen molar-refractivity contribution in [3.05, 3.63) is 40.8 Å². The van der Waals surface area contributed by atoms with Crippen LogP contribution in [-0.4, -0.2) is 52.1 Å². The molecular formula is C24H28ClN5O3. The predicted octanol–water partition coefficient (Wildman–Crippen LogP) is 5.08. The summed E-state index contributed by atoms with van der Waals surface area (Å²) in [6.45, 7) is 4.30. The van der Waals surface area contributed by atoms with Crippen molar-refractivity contribution in [2.45, 2.75) is 45.3 Å². The maximum atomic E-state index is 12.8. The number of methoxy groups -OCH3 is 1. The number of aromatic nitrogens is 3. The maximum Gasteiger partial charge on any atom is 0.253 e. The van der Waals surface area contributed by atoms with Gasteiger partial charge in [-0.2, -0.15) is 0 Å². The Hall–Kier alpha value is -2.84. The van der Waals surface area contributed by atoms with E-state index < -0.39 is 0 Å². The van der Waals surface area contributed by atoms with Crippen LogP contribution in [0.15, 0.2) is 24.3 Å². The summed E-state index contributed by atoms with van der Waals surface area (Å²) in [5, 5.41) is 3.76. The maximum absolute atomic E-state index is 12.8.